The summed E-state index contributed by atoms with van der Waals surface area (Å²) in [4.78, 5) is 16.6. The van der Waals surface area contributed by atoms with Gasteiger partial charge in [0.1, 0.15) is 5.76 Å². The standard InChI is InChI=1S/C19H23ClN2O2/c1-19(2,3)18(23)22-10-8-21(9-11-22)16-7-6-14(13-15(16)20)17-5-4-12-24-17/h4-7,12-13H,8-11H2,1-3H3. The molecule has 3 rings (SSSR count). The molecular formula is C19H23ClN2O2. The third kappa shape index (κ3) is 3.44. The van der Waals surface area contributed by atoms with Crippen LogP contribution >= 0.6 is 11.6 Å². The van der Waals surface area contributed by atoms with Gasteiger partial charge in [-0.3, -0.25) is 4.79 Å². The molecule has 0 atom stereocenters. The minimum atomic E-state index is -0.329. The van der Waals surface area contributed by atoms with E-state index in [2.05, 4.69) is 4.90 Å². The van der Waals surface area contributed by atoms with Crippen molar-refractivity contribution >= 4 is 23.2 Å². The van der Waals surface area contributed by atoms with E-state index in [1.165, 1.54) is 0 Å². The highest BCUT2D eigenvalue weighted by Gasteiger charge is 2.30. The number of nitrogens with zero attached hydrogens (tertiary/aromatic N) is 2. The quantitative estimate of drug-likeness (QED) is 0.813. The second-order valence-corrected chi connectivity index (χ2v) is 7.58. The Bertz CT molecular complexity index is 711. The number of carbonyl (C=O) groups is 1. The number of furan rings is 1. The highest BCUT2D eigenvalue weighted by atomic mass is 35.5. The molecule has 1 saturated heterocycles. The van der Waals surface area contributed by atoms with Crippen LogP contribution in [0.4, 0.5) is 5.69 Å². The lowest BCUT2D eigenvalue weighted by atomic mass is 9.94. The van der Waals surface area contributed by atoms with Gasteiger partial charge in [-0.25, -0.2) is 0 Å². The van der Waals surface area contributed by atoms with E-state index in [1.54, 1.807) is 6.26 Å². The second-order valence-electron chi connectivity index (χ2n) is 7.17. The first-order chi connectivity index (χ1) is 11.4. The maximum atomic E-state index is 12.4. The summed E-state index contributed by atoms with van der Waals surface area (Å²) in [6.07, 6.45) is 1.66. The second kappa shape index (κ2) is 6.52. The van der Waals surface area contributed by atoms with Gasteiger partial charge in [0.25, 0.3) is 0 Å². The maximum absolute atomic E-state index is 12.4. The minimum Gasteiger partial charge on any atom is -0.464 e. The van der Waals surface area contributed by atoms with Gasteiger partial charge >= 0.3 is 0 Å². The summed E-state index contributed by atoms with van der Waals surface area (Å²) >= 11 is 6.49. The molecule has 4 nitrogen and oxygen atoms in total. The Morgan fingerprint density at radius 3 is 2.38 bits per heavy atom. The largest absolute Gasteiger partial charge is 0.464 e. The van der Waals surface area contributed by atoms with Gasteiger partial charge in [-0.2, -0.15) is 0 Å². The van der Waals surface area contributed by atoms with Crippen molar-refractivity contribution in [2.45, 2.75) is 20.8 Å². The Balaban J connectivity index is 1.70. The molecule has 0 saturated carbocycles. The Morgan fingerprint density at radius 1 is 1.12 bits per heavy atom. The normalized spacial score (nSPS) is 15.7. The smallest absolute Gasteiger partial charge is 0.228 e. The molecule has 0 spiro atoms. The van der Waals surface area contributed by atoms with E-state index < -0.39 is 0 Å². The van der Waals surface area contributed by atoms with Crippen molar-refractivity contribution in [2.75, 3.05) is 31.1 Å². The zero-order valence-corrected chi connectivity index (χ0v) is 15.1. The van der Waals surface area contributed by atoms with Crippen molar-refractivity contribution in [3.8, 4) is 11.3 Å². The predicted octanol–water partition coefficient (Wildman–Crippen LogP) is 4.29. The van der Waals surface area contributed by atoms with Gasteiger partial charge in [-0.15, -0.1) is 0 Å². The lowest BCUT2D eigenvalue weighted by Crippen LogP contribution is -2.51. The molecule has 0 aliphatic carbocycles. The number of hydrogen-bond donors (Lipinski definition) is 0. The fraction of sp³-hybridized carbons (Fsp3) is 0.421. The average Bonchev–Trinajstić information content (AvgIpc) is 3.08. The highest BCUT2D eigenvalue weighted by molar-refractivity contribution is 6.33. The van der Waals surface area contributed by atoms with Crippen molar-refractivity contribution in [3.63, 3.8) is 0 Å². The number of carbonyl (C=O) groups excluding carboxylic acids is 1. The molecule has 1 aliphatic rings. The molecular weight excluding hydrogens is 324 g/mol. The topological polar surface area (TPSA) is 36.7 Å². The molecule has 1 aromatic carbocycles. The molecule has 1 amide bonds. The first-order valence-electron chi connectivity index (χ1n) is 8.24. The Morgan fingerprint density at radius 2 is 1.83 bits per heavy atom. The van der Waals surface area contributed by atoms with Gasteiger partial charge in [0.2, 0.25) is 5.91 Å². The average molecular weight is 347 g/mol. The summed E-state index contributed by atoms with van der Waals surface area (Å²) in [5.41, 5.74) is 1.65. The third-order valence-corrected chi connectivity index (χ3v) is 4.61. The third-order valence-electron chi connectivity index (χ3n) is 4.30. The highest BCUT2D eigenvalue weighted by Crippen LogP contribution is 2.32. The van der Waals surface area contributed by atoms with Gasteiger partial charge in [-0.05, 0) is 30.3 Å². The van der Waals surface area contributed by atoms with Gasteiger partial charge < -0.3 is 14.2 Å². The first-order valence-corrected chi connectivity index (χ1v) is 8.62. The molecule has 128 valence electrons. The van der Waals surface area contributed by atoms with Crippen molar-refractivity contribution in [1.29, 1.82) is 0 Å². The van der Waals surface area contributed by atoms with E-state index in [4.69, 9.17) is 16.0 Å². The Kier molecular flexibility index (Phi) is 4.59. The number of halogens is 1. The number of anilines is 1. The van der Waals surface area contributed by atoms with Crippen LogP contribution in [0.2, 0.25) is 5.02 Å². The van der Waals surface area contributed by atoms with Gasteiger partial charge in [-0.1, -0.05) is 32.4 Å². The Hall–Kier alpha value is -1.94. The van der Waals surface area contributed by atoms with E-state index in [0.717, 1.165) is 43.2 Å². The summed E-state index contributed by atoms with van der Waals surface area (Å²) in [6.45, 7) is 8.94. The van der Waals surface area contributed by atoms with E-state index in [1.807, 2.05) is 56.0 Å². The minimum absolute atomic E-state index is 0.210. The summed E-state index contributed by atoms with van der Waals surface area (Å²) in [5.74, 6) is 1.02. The lowest BCUT2D eigenvalue weighted by Gasteiger charge is -2.39. The molecule has 24 heavy (non-hydrogen) atoms. The van der Waals surface area contributed by atoms with E-state index in [0.29, 0.717) is 5.02 Å². The molecule has 0 radical (unpaired) electrons. The summed E-state index contributed by atoms with van der Waals surface area (Å²) < 4.78 is 5.42. The SMILES string of the molecule is CC(C)(C)C(=O)N1CCN(c2ccc(-c3ccco3)cc2Cl)CC1. The summed E-state index contributed by atoms with van der Waals surface area (Å²) in [5, 5.41) is 0.708. The molecule has 5 heteroatoms. The number of amides is 1. The zero-order chi connectivity index (χ0) is 17.3. The van der Waals surface area contributed by atoms with E-state index in [-0.39, 0.29) is 11.3 Å². The van der Waals surface area contributed by atoms with Crippen LogP contribution in [0.25, 0.3) is 11.3 Å². The Labute approximate surface area is 148 Å². The van der Waals surface area contributed by atoms with Crippen LogP contribution in [-0.2, 0) is 4.79 Å². The van der Waals surface area contributed by atoms with Gasteiger partial charge in [0.05, 0.1) is 17.0 Å². The van der Waals surface area contributed by atoms with Crippen molar-refractivity contribution in [3.05, 3.63) is 41.6 Å². The summed E-state index contributed by atoms with van der Waals surface area (Å²) in [6, 6.07) is 9.77. The number of rotatable bonds is 2. The van der Waals surface area contributed by atoms with Crippen LogP contribution in [0.1, 0.15) is 20.8 Å². The van der Waals surface area contributed by atoms with Crippen molar-refractivity contribution in [1.82, 2.24) is 4.90 Å². The maximum Gasteiger partial charge on any atom is 0.228 e. The molecule has 1 aliphatic heterocycles. The monoisotopic (exact) mass is 346 g/mol. The molecule has 1 aromatic heterocycles. The van der Waals surface area contributed by atoms with Gasteiger partial charge in [0.15, 0.2) is 0 Å². The summed E-state index contributed by atoms with van der Waals surface area (Å²) in [7, 11) is 0. The van der Waals surface area contributed by atoms with E-state index >= 15 is 0 Å². The van der Waals surface area contributed by atoms with Crippen LogP contribution in [-0.4, -0.2) is 37.0 Å². The predicted molar refractivity (Wildman–Crippen MR) is 97.4 cm³/mol. The van der Waals surface area contributed by atoms with Crippen molar-refractivity contribution < 1.29 is 9.21 Å². The molecule has 0 unspecified atom stereocenters. The van der Waals surface area contributed by atoms with Crippen LogP contribution < -0.4 is 4.90 Å². The van der Waals surface area contributed by atoms with Gasteiger partial charge in [0, 0.05) is 37.2 Å². The number of piperazine rings is 1. The molecule has 0 N–H and O–H groups in total. The lowest BCUT2D eigenvalue weighted by molar-refractivity contribution is -0.139. The molecule has 2 heterocycles. The molecule has 0 bridgehead atoms. The number of hydrogen-bond acceptors (Lipinski definition) is 3. The zero-order valence-electron chi connectivity index (χ0n) is 14.4. The van der Waals surface area contributed by atoms with E-state index in [9.17, 15) is 4.79 Å². The fourth-order valence-electron chi connectivity index (χ4n) is 2.98. The van der Waals surface area contributed by atoms with Crippen LogP contribution in [0.3, 0.4) is 0 Å². The molecule has 2 aromatic rings. The fourth-order valence-corrected chi connectivity index (χ4v) is 3.28. The van der Waals surface area contributed by atoms with Crippen LogP contribution in [0, 0.1) is 5.41 Å². The molecule has 1 fully saturated rings. The van der Waals surface area contributed by atoms with Crippen molar-refractivity contribution in [2.24, 2.45) is 5.41 Å². The van der Waals surface area contributed by atoms with Crippen LogP contribution in [0.5, 0.6) is 0 Å². The first kappa shape index (κ1) is 16.9. The van der Waals surface area contributed by atoms with Crippen LogP contribution in [0.15, 0.2) is 41.0 Å². The number of benzene rings is 1.